The number of aromatic carboxylic acids is 1. The van der Waals surface area contributed by atoms with E-state index in [4.69, 9.17) is 37.8 Å². The highest BCUT2D eigenvalue weighted by Gasteiger charge is 2.16. The number of para-hydroxylation sites is 1. The van der Waals surface area contributed by atoms with Crippen LogP contribution >= 0.6 is 23.2 Å². The first-order valence-electron chi connectivity index (χ1n) is 9.66. The van der Waals surface area contributed by atoms with Crippen molar-refractivity contribution < 1.29 is 23.8 Å². The van der Waals surface area contributed by atoms with Gasteiger partial charge >= 0.3 is 12.0 Å². The summed E-state index contributed by atoms with van der Waals surface area (Å²) < 4.78 is 25.1. The average Bonchev–Trinajstić information content (AvgIpc) is 2.81. The SMILES string of the molecule is COc1ccc(-c2nc(Nc3ccc(C(=O)O)c(F)c3)nc(Oc3c(Cl)cccc3Cl)n2)cc1. The largest absolute Gasteiger partial charge is 0.497 e. The van der Waals surface area contributed by atoms with Crippen molar-refractivity contribution in [2.45, 2.75) is 0 Å². The standard InChI is InChI=1S/C23H15Cl2FN4O4/c1-33-14-8-5-12(6-9-14)20-28-22(27-13-7-10-15(21(31)32)18(26)11-13)30-23(29-20)34-19-16(24)3-2-4-17(19)25/h2-11H,1H3,(H,31,32)(H,27,28,29,30). The predicted octanol–water partition coefficient (Wildman–Crippen LogP) is 6.23. The van der Waals surface area contributed by atoms with E-state index >= 15 is 0 Å². The highest BCUT2D eigenvalue weighted by Crippen LogP contribution is 2.35. The molecule has 4 rings (SSSR count). The second-order valence-electron chi connectivity index (χ2n) is 6.77. The van der Waals surface area contributed by atoms with Crippen molar-refractivity contribution in [1.82, 2.24) is 15.0 Å². The van der Waals surface area contributed by atoms with Gasteiger partial charge in [-0.2, -0.15) is 15.0 Å². The van der Waals surface area contributed by atoms with Crippen LogP contribution in [-0.2, 0) is 0 Å². The number of halogens is 3. The molecule has 0 unspecified atom stereocenters. The molecule has 0 bridgehead atoms. The van der Waals surface area contributed by atoms with Gasteiger partial charge in [-0.25, -0.2) is 9.18 Å². The predicted molar refractivity (Wildman–Crippen MR) is 125 cm³/mol. The summed E-state index contributed by atoms with van der Waals surface area (Å²) in [6.07, 6.45) is 0. The fraction of sp³-hybridized carbons (Fsp3) is 0.0435. The summed E-state index contributed by atoms with van der Waals surface area (Å²) in [5.74, 6) is -1.24. The third-order valence-electron chi connectivity index (χ3n) is 4.53. The number of nitrogens with one attached hydrogen (secondary N) is 1. The van der Waals surface area contributed by atoms with Gasteiger partial charge in [0.2, 0.25) is 5.95 Å². The Balaban J connectivity index is 1.74. The van der Waals surface area contributed by atoms with Crippen LogP contribution in [0, 0.1) is 5.82 Å². The lowest BCUT2D eigenvalue weighted by Gasteiger charge is -2.12. The van der Waals surface area contributed by atoms with E-state index in [2.05, 4.69) is 20.3 Å². The molecule has 0 aliphatic heterocycles. The van der Waals surface area contributed by atoms with Crippen LogP contribution in [0.2, 0.25) is 10.0 Å². The van der Waals surface area contributed by atoms with E-state index in [1.165, 1.54) is 6.07 Å². The molecule has 0 saturated heterocycles. The monoisotopic (exact) mass is 500 g/mol. The maximum Gasteiger partial charge on any atom is 0.338 e. The van der Waals surface area contributed by atoms with Gasteiger partial charge in [-0.1, -0.05) is 29.3 Å². The van der Waals surface area contributed by atoms with Crippen molar-refractivity contribution in [3.63, 3.8) is 0 Å². The van der Waals surface area contributed by atoms with Crippen molar-refractivity contribution in [1.29, 1.82) is 0 Å². The van der Waals surface area contributed by atoms with Crippen LogP contribution in [0.25, 0.3) is 11.4 Å². The number of hydrogen-bond donors (Lipinski definition) is 2. The molecule has 34 heavy (non-hydrogen) atoms. The maximum atomic E-state index is 14.1. The number of methoxy groups -OCH3 is 1. The molecule has 0 saturated carbocycles. The Morgan fingerprint density at radius 2 is 1.71 bits per heavy atom. The third kappa shape index (κ3) is 5.16. The number of anilines is 2. The molecule has 0 radical (unpaired) electrons. The highest BCUT2D eigenvalue weighted by molar-refractivity contribution is 6.37. The number of nitrogens with zero attached hydrogens (tertiary/aromatic N) is 3. The fourth-order valence-corrected chi connectivity index (χ4v) is 3.37. The average molecular weight is 501 g/mol. The minimum Gasteiger partial charge on any atom is -0.497 e. The highest BCUT2D eigenvalue weighted by atomic mass is 35.5. The molecule has 8 nitrogen and oxygen atoms in total. The van der Waals surface area contributed by atoms with E-state index in [1.54, 1.807) is 49.6 Å². The zero-order valence-electron chi connectivity index (χ0n) is 17.4. The molecular formula is C23H15Cl2FN4O4. The van der Waals surface area contributed by atoms with Gasteiger partial charge in [0, 0.05) is 11.3 Å². The molecule has 0 spiro atoms. The molecule has 0 aliphatic carbocycles. The molecule has 172 valence electrons. The second kappa shape index (κ2) is 9.90. The lowest BCUT2D eigenvalue weighted by atomic mass is 10.2. The summed E-state index contributed by atoms with van der Waals surface area (Å²) in [7, 11) is 1.55. The van der Waals surface area contributed by atoms with Crippen molar-refractivity contribution in [3.8, 4) is 28.9 Å². The molecule has 0 amide bonds. The fourth-order valence-electron chi connectivity index (χ4n) is 2.89. The molecule has 0 aliphatic rings. The molecule has 0 atom stereocenters. The minimum absolute atomic E-state index is 0.0152. The van der Waals surface area contributed by atoms with Crippen LogP contribution in [0.3, 0.4) is 0 Å². The van der Waals surface area contributed by atoms with Crippen LogP contribution in [0.4, 0.5) is 16.0 Å². The number of benzene rings is 3. The quantitative estimate of drug-likeness (QED) is 0.307. The first-order chi connectivity index (χ1) is 16.3. The van der Waals surface area contributed by atoms with Crippen LogP contribution in [-0.4, -0.2) is 33.1 Å². The zero-order chi connectivity index (χ0) is 24.2. The number of carboxylic acids is 1. The molecule has 0 fully saturated rings. The Hall–Kier alpha value is -3.95. The smallest absolute Gasteiger partial charge is 0.338 e. The Labute approximate surface area is 202 Å². The van der Waals surface area contributed by atoms with E-state index in [9.17, 15) is 9.18 Å². The number of carboxylic acid groups (broad SMARTS) is 1. The molecular weight excluding hydrogens is 486 g/mol. The van der Waals surface area contributed by atoms with Gasteiger partial charge < -0.3 is 19.9 Å². The second-order valence-corrected chi connectivity index (χ2v) is 7.59. The Kier molecular flexibility index (Phi) is 6.76. The summed E-state index contributed by atoms with van der Waals surface area (Å²) in [5, 5.41) is 12.4. The summed E-state index contributed by atoms with van der Waals surface area (Å²) in [6.45, 7) is 0. The zero-order valence-corrected chi connectivity index (χ0v) is 18.9. The number of ether oxygens (including phenoxy) is 2. The summed E-state index contributed by atoms with van der Waals surface area (Å²) in [5.41, 5.74) is 0.377. The number of carbonyl (C=O) groups is 1. The molecule has 2 N–H and O–H groups in total. The lowest BCUT2D eigenvalue weighted by Crippen LogP contribution is -2.05. The topological polar surface area (TPSA) is 106 Å². The molecule has 3 aromatic carbocycles. The summed E-state index contributed by atoms with van der Waals surface area (Å²) in [4.78, 5) is 24.0. The van der Waals surface area contributed by atoms with Crippen molar-refractivity contribution in [2.24, 2.45) is 0 Å². The first kappa shape index (κ1) is 23.2. The van der Waals surface area contributed by atoms with E-state index in [0.717, 1.165) is 12.1 Å². The number of aromatic nitrogens is 3. The van der Waals surface area contributed by atoms with E-state index < -0.39 is 17.3 Å². The van der Waals surface area contributed by atoms with Gasteiger partial charge in [0.25, 0.3) is 0 Å². The van der Waals surface area contributed by atoms with Gasteiger partial charge in [-0.3, -0.25) is 0 Å². The molecule has 4 aromatic rings. The van der Waals surface area contributed by atoms with Crippen LogP contribution in [0.15, 0.2) is 60.7 Å². The van der Waals surface area contributed by atoms with Gasteiger partial charge in [0.15, 0.2) is 11.6 Å². The van der Waals surface area contributed by atoms with Crippen molar-refractivity contribution in [3.05, 3.63) is 82.1 Å². The normalized spacial score (nSPS) is 10.6. The van der Waals surface area contributed by atoms with Gasteiger partial charge in [-0.05, 0) is 54.6 Å². The summed E-state index contributed by atoms with van der Waals surface area (Å²) >= 11 is 12.4. The first-order valence-corrected chi connectivity index (χ1v) is 10.4. The minimum atomic E-state index is -1.38. The van der Waals surface area contributed by atoms with Crippen molar-refractivity contribution >= 4 is 40.8 Å². The molecule has 11 heteroatoms. The number of hydrogen-bond acceptors (Lipinski definition) is 7. The van der Waals surface area contributed by atoms with Gasteiger partial charge in [0.05, 0.1) is 22.7 Å². The van der Waals surface area contributed by atoms with Crippen LogP contribution < -0.4 is 14.8 Å². The van der Waals surface area contributed by atoms with E-state index in [0.29, 0.717) is 11.3 Å². The van der Waals surface area contributed by atoms with Crippen LogP contribution in [0.5, 0.6) is 17.5 Å². The van der Waals surface area contributed by atoms with Crippen molar-refractivity contribution in [2.75, 3.05) is 12.4 Å². The van der Waals surface area contributed by atoms with E-state index in [-0.39, 0.29) is 39.3 Å². The Morgan fingerprint density at radius 1 is 1.00 bits per heavy atom. The lowest BCUT2D eigenvalue weighted by molar-refractivity contribution is 0.0692. The molecule has 1 heterocycles. The number of rotatable bonds is 7. The third-order valence-corrected chi connectivity index (χ3v) is 5.13. The maximum absolute atomic E-state index is 14.1. The Bertz CT molecular complexity index is 1350. The Morgan fingerprint density at radius 3 is 2.32 bits per heavy atom. The van der Waals surface area contributed by atoms with Gasteiger partial charge in [-0.15, -0.1) is 0 Å². The summed E-state index contributed by atoms with van der Waals surface area (Å²) in [6, 6.07) is 15.2. The van der Waals surface area contributed by atoms with E-state index in [1.807, 2.05) is 0 Å². The molecule has 1 aromatic heterocycles. The van der Waals surface area contributed by atoms with Gasteiger partial charge in [0.1, 0.15) is 11.6 Å². The van der Waals surface area contributed by atoms with Crippen LogP contribution in [0.1, 0.15) is 10.4 Å².